The van der Waals surface area contributed by atoms with Gasteiger partial charge in [0.15, 0.2) is 5.96 Å². The van der Waals surface area contributed by atoms with Gasteiger partial charge in [0, 0.05) is 43.7 Å². The molecule has 0 atom stereocenters. The zero-order valence-corrected chi connectivity index (χ0v) is 20.2. The third-order valence-electron chi connectivity index (χ3n) is 3.20. The third kappa shape index (κ3) is 12.8. The molecule has 0 aliphatic carbocycles. The van der Waals surface area contributed by atoms with Gasteiger partial charge in [0.2, 0.25) is 0 Å². The molecule has 0 fully saturated rings. The summed E-state index contributed by atoms with van der Waals surface area (Å²) in [5.74, 6) is 0.789. The van der Waals surface area contributed by atoms with Crippen LogP contribution in [0.4, 0.5) is 4.79 Å². The highest BCUT2D eigenvalue weighted by molar-refractivity contribution is 14.0. The second-order valence-electron chi connectivity index (χ2n) is 6.79. The fraction of sp³-hybridized carbons (Fsp3) is 0.722. The Labute approximate surface area is 184 Å². The van der Waals surface area contributed by atoms with Gasteiger partial charge < -0.3 is 20.7 Å². The fourth-order valence-corrected chi connectivity index (χ4v) is 2.89. The van der Waals surface area contributed by atoms with Crippen LogP contribution < -0.4 is 16.0 Å². The maximum atomic E-state index is 11.6. The van der Waals surface area contributed by atoms with Gasteiger partial charge in [-0.1, -0.05) is 6.92 Å². The first-order valence-electron chi connectivity index (χ1n) is 9.26. The normalized spacial score (nSPS) is 11.5. The average molecular weight is 511 g/mol. The number of ether oxygens (including phenoxy) is 1. The number of guanidine groups is 1. The lowest BCUT2D eigenvalue weighted by atomic mass is 10.2. The number of aromatic nitrogens is 1. The summed E-state index contributed by atoms with van der Waals surface area (Å²) in [6.45, 7) is 12.5. The zero-order valence-electron chi connectivity index (χ0n) is 17.1. The second-order valence-corrected chi connectivity index (χ2v) is 7.99. The minimum absolute atomic E-state index is 0. The van der Waals surface area contributed by atoms with Gasteiger partial charge in [0.25, 0.3) is 0 Å². The molecule has 0 radical (unpaired) electrons. The van der Waals surface area contributed by atoms with Gasteiger partial charge in [0.1, 0.15) is 5.60 Å². The van der Waals surface area contributed by atoms with Gasteiger partial charge in [0.05, 0.1) is 5.01 Å². The summed E-state index contributed by atoms with van der Waals surface area (Å²) >= 11 is 1.77. The molecule has 0 unspecified atom stereocenters. The van der Waals surface area contributed by atoms with Gasteiger partial charge in [-0.3, -0.25) is 4.99 Å². The molecule has 9 heteroatoms. The van der Waals surface area contributed by atoms with Crippen molar-refractivity contribution in [1.29, 1.82) is 0 Å². The predicted molar refractivity (Wildman–Crippen MR) is 123 cm³/mol. The van der Waals surface area contributed by atoms with E-state index in [1.807, 2.05) is 33.9 Å². The first kappa shape index (κ1) is 25.9. The van der Waals surface area contributed by atoms with Crippen LogP contribution in [0.15, 0.2) is 11.2 Å². The Kier molecular flexibility index (Phi) is 13.4. The van der Waals surface area contributed by atoms with Crippen molar-refractivity contribution in [2.75, 3.05) is 26.2 Å². The highest BCUT2D eigenvalue weighted by Gasteiger charge is 2.15. The lowest BCUT2D eigenvalue weighted by Crippen LogP contribution is -2.38. The van der Waals surface area contributed by atoms with E-state index >= 15 is 0 Å². The summed E-state index contributed by atoms with van der Waals surface area (Å²) in [4.78, 5) is 21.8. The molecule has 0 spiro atoms. The van der Waals surface area contributed by atoms with E-state index in [0.29, 0.717) is 13.1 Å². The van der Waals surface area contributed by atoms with E-state index in [4.69, 9.17) is 4.74 Å². The molecule has 1 heterocycles. The molecule has 7 nitrogen and oxygen atoms in total. The molecule has 1 aromatic rings. The topological polar surface area (TPSA) is 87.6 Å². The van der Waals surface area contributed by atoms with Crippen molar-refractivity contribution in [2.45, 2.75) is 59.5 Å². The van der Waals surface area contributed by atoms with Crippen LogP contribution in [0.25, 0.3) is 0 Å². The van der Waals surface area contributed by atoms with Gasteiger partial charge in [-0.05, 0) is 40.5 Å². The number of hydrogen-bond acceptors (Lipinski definition) is 5. The largest absolute Gasteiger partial charge is 0.444 e. The molecule has 0 saturated heterocycles. The van der Waals surface area contributed by atoms with Crippen LogP contribution in [0.5, 0.6) is 0 Å². The van der Waals surface area contributed by atoms with Crippen molar-refractivity contribution in [3.8, 4) is 0 Å². The lowest BCUT2D eigenvalue weighted by molar-refractivity contribution is 0.0527. The third-order valence-corrected chi connectivity index (χ3v) is 4.40. The molecule has 0 aromatic carbocycles. The molecule has 1 aromatic heterocycles. The molecular weight excluding hydrogens is 477 g/mol. The quantitative estimate of drug-likeness (QED) is 0.205. The van der Waals surface area contributed by atoms with E-state index in [0.717, 1.165) is 43.3 Å². The van der Waals surface area contributed by atoms with E-state index in [9.17, 15) is 4.79 Å². The molecule has 0 saturated carbocycles. The minimum Gasteiger partial charge on any atom is -0.444 e. The number of hydrogen-bond donors (Lipinski definition) is 3. The number of rotatable bonds is 9. The monoisotopic (exact) mass is 511 g/mol. The van der Waals surface area contributed by atoms with Crippen LogP contribution >= 0.6 is 35.3 Å². The zero-order chi connectivity index (χ0) is 19.4. The van der Waals surface area contributed by atoms with Crippen LogP contribution in [-0.2, 0) is 17.6 Å². The van der Waals surface area contributed by atoms with Gasteiger partial charge >= 0.3 is 6.09 Å². The average Bonchev–Trinajstić information content (AvgIpc) is 3.00. The number of aryl methyl sites for hydroxylation is 1. The summed E-state index contributed by atoms with van der Waals surface area (Å²) < 4.78 is 5.19. The van der Waals surface area contributed by atoms with E-state index < -0.39 is 5.60 Å². The van der Waals surface area contributed by atoms with Gasteiger partial charge in [-0.2, -0.15) is 0 Å². The number of amides is 1. The molecule has 0 bridgehead atoms. The van der Waals surface area contributed by atoms with Crippen LogP contribution in [0, 0.1) is 0 Å². The Bertz CT molecular complexity index is 572. The Morgan fingerprint density at radius 1 is 1.22 bits per heavy atom. The summed E-state index contributed by atoms with van der Waals surface area (Å²) in [6.07, 6.45) is 4.24. The maximum Gasteiger partial charge on any atom is 0.407 e. The van der Waals surface area contributed by atoms with Crippen LogP contribution in [0.3, 0.4) is 0 Å². The number of nitrogens with zero attached hydrogens (tertiary/aromatic N) is 2. The summed E-state index contributed by atoms with van der Waals surface area (Å²) in [5.41, 5.74) is -0.473. The molecule has 27 heavy (non-hydrogen) atoms. The smallest absolute Gasteiger partial charge is 0.407 e. The molecule has 1 rings (SSSR count). The number of carbonyl (C=O) groups excluding carboxylic acids is 1. The molecule has 1 amide bonds. The van der Waals surface area contributed by atoms with Crippen molar-refractivity contribution >= 4 is 47.4 Å². The Hall–Kier alpha value is -1.10. The number of carbonyl (C=O) groups is 1. The van der Waals surface area contributed by atoms with Crippen molar-refractivity contribution in [2.24, 2.45) is 4.99 Å². The predicted octanol–water partition coefficient (Wildman–Crippen LogP) is 3.34. The highest BCUT2D eigenvalue weighted by Crippen LogP contribution is 2.13. The van der Waals surface area contributed by atoms with Crippen LogP contribution in [0.1, 0.15) is 50.9 Å². The first-order chi connectivity index (χ1) is 12.3. The van der Waals surface area contributed by atoms with Crippen molar-refractivity contribution in [3.63, 3.8) is 0 Å². The number of nitrogens with one attached hydrogen (secondary N) is 3. The second kappa shape index (κ2) is 14.0. The van der Waals surface area contributed by atoms with E-state index in [2.05, 4.69) is 32.9 Å². The van der Waals surface area contributed by atoms with Gasteiger partial charge in [-0.25, -0.2) is 9.78 Å². The minimum atomic E-state index is -0.473. The molecule has 0 aliphatic heterocycles. The van der Waals surface area contributed by atoms with Crippen molar-refractivity contribution in [1.82, 2.24) is 20.9 Å². The van der Waals surface area contributed by atoms with Crippen LogP contribution in [0.2, 0.25) is 0 Å². The molecule has 156 valence electrons. The molecule has 3 N–H and O–H groups in total. The summed E-state index contributed by atoms with van der Waals surface area (Å²) in [6, 6.07) is 0. The SMILES string of the molecule is CCNC(=NCCCNC(=O)OC(C)(C)C)NCCc1ncc(CC)s1.I. The maximum absolute atomic E-state index is 11.6. The van der Waals surface area contributed by atoms with Crippen molar-refractivity contribution < 1.29 is 9.53 Å². The van der Waals surface area contributed by atoms with E-state index in [1.54, 1.807) is 11.3 Å². The summed E-state index contributed by atoms with van der Waals surface area (Å²) in [5, 5.41) is 10.4. The number of aliphatic imine (C=N–C) groups is 1. The number of halogens is 1. The molecule has 0 aliphatic rings. The van der Waals surface area contributed by atoms with Crippen molar-refractivity contribution in [3.05, 3.63) is 16.1 Å². The Morgan fingerprint density at radius 3 is 2.56 bits per heavy atom. The lowest BCUT2D eigenvalue weighted by Gasteiger charge is -2.19. The standard InChI is InChI=1S/C18H33N5O2S.HI/c1-6-14-13-23-15(26-14)9-12-21-16(19-7-2)20-10-8-11-22-17(24)25-18(3,4)5;/h13H,6-12H2,1-5H3,(H,22,24)(H2,19,20,21);1H. The fourth-order valence-electron chi connectivity index (χ4n) is 2.03. The Morgan fingerprint density at radius 2 is 1.96 bits per heavy atom. The van der Waals surface area contributed by atoms with E-state index in [-0.39, 0.29) is 30.1 Å². The van der Waals surface area contributed by atoms with Crippen LogP contribution in [-0.4, -0.2) is 48.8 Å². The first-order valence-corrected chi connectivity index (χ1v) is 10.1. The van der Waals surface area contributed by atoms with Gasteiger partial charge in [-0.15, -0.1) is 35.3 Å². The van der Waals surface area contributed by atoms with E-state index in [1.165, 1.54) is 4.88 Å². The highest BCUT2D eigenvalue weighted by atomic mass is 127. The number of thiazole rings is 1. The molecular formula is C18H34IN5O2S. The number of alkyl carbamates (subject to hydrolysis) is 1. The summed E-state index contributed by atoms with van der Waals surface area (Å²) in [7, 11) is 0. The Balaban J connectivity index is 0.00000676.